The van der Waals surface area contributed by atoms with Crippen LogP contribution in [0, 0.1) is 12.7 Å². The minimum atomic E-state index is -0.0778. The van der Waals surface area contributed by atoms with Crippen molar-refractivity contribution < 1.29 is 4.39 Å². The number of benzene rings is 1. The summed E-state index contributed by atoms with van der Waals surface area (Å²) in [5, 5.41) is 0. The minimum Gasteiger partial charge on any atom is -0.207 e. The van der Waals surface area contributed by atoms with Crippen LogP contribution in [0.4, 0.5) is 4.39 Å². The quantitative estimate of drug-likeness (QED) is 0.719. The van der Waals surface area contributed by atoms with E-state index in [0.29, 0.717) is 4.83 Å². The van der Waals surface area contributed by atoms with Gasteiger partial charge in [-0.25, -0.2) is 4.39 Å². The van der Waals surface area contributed by atoms with E-state index in [-0.39, 0.29) is 5.82 Å². The van der Waals surface area contributed by atoms with Crippen LogP contribution in [0.2, 0.25) is 0 Å². The molecule has 1 unspecified atom stereocenters. The molecule has 0 amide bonds. The van der Waals surface area contributed by atoms with Gasteiger partial charge < -0.3 is 0 Å². The van der Waals surface area contributed by atoms with Gasteiger partial charge in [-0.2, -0.15) is 0 Å². The number of alkyl halides is 1. The van der Waals surface area contributed by atoms with Crippen LogP contribution >= 0.6 is 15.9 Å². The van der Waals surface area contributed by atoms with E-state index >= 15 is 0 Å². The Morgan fingerprint density at radius 3 is 2.57 bits per heavy atom. The molecule has 1 atom stereocenters. The van der Waals surface area contributed by atoms with Crippen LogP contribution in [-0.4, -0.2) is 4.83 Å². The third kappa shape index (κ3) is 2.57. The van der Waals surface area contributed by atoms with Gasteiger partial charge in [0.1, 0.15) is 5.82 Å². The molecule has 0 aliphatic carbocycles. The molecule has 14 heavy (non-hydrogen) atoms. The fourth-order valence-corrected chi connectivity index (χ4v) is 2.01. The molecule has 0 spiro atoms. The largest absolute Gasteiger partial charge is 0.207 e. The maximum absolute atomic E-state index is 13.5. The van der Waals surface area contributed by atoms with Crippen molar-refractivity contribution >= 4 is 15.9 Å². The lowest BCUT2D eigenvalue weighted by atomic mass is 9.97. The molecule has 0 N–H and O–H groups in total. The predicted molar refractivity (Wildman–Crippen MR) is 62.6 cm³/mol. The highest BCUT2D eigenvalue weighted by Gasteiger charge is 2.10. The monoisotopic (exact) mass is 258 g/mol. The average Bonchev–Trinajstić information content (AvgIpc) is 2.12. The minimum absolute atomic E-state index is 0.0778. The second-order valence-electron chi connectivity index (χ2n) is 3.65. The summed E-state index contributed by atoms with van der Waals surface area (Å²) in [7, 11) is 0. The van der Waals surface area contributed by atoms with Gasteiger partial charge in [0.15, 0.2) is 0 Å². The molecular formula is C12H16BrF. The van der Waals surface area contributed by atoms with Gasteiger partial charge >= 0.3 is 0 Å². The van der Waals surface area contributed by atoms with E-state index in [9.17, 15) is 4.39 Å². The Bertz CT molecular complexity index is 318. The molecule has 0 heterocycles. The predicted octanol–water partition coefficient (Wildman–Crippen LogP) is 4.02. The summed E-state index contributed by atoms with van der Waals surface area (Å²) in [6, 6.07) is 3.46. The van der Waals surface area contributed by atoms with Crippen molar-refractivity contribution in [2.45, 2.75) is 38.4 Å². The van der Waals surface area contributed by atoms with Crippen LogP contribution < -0.4 is 0 Å². The number of aryl methyl sites for hydroxylation is 1. The van der Waals surface area contributed by atoms with E-state index in [1.54, 1.807) is 6.07 Å². The first-order chi connectivity index (χ1) is 6.56. The van der Waals surface area contributed by atoms with Crippen LogP contribution in [0.3, 0.4) is 0 Å². The van der Waals surface area contributed by atoms with Crippen molar-refractivity contribution in [1.82, 2.24) is 0 Å². The molecule has 0 radical (unpaired) electrons. The van der Waals surface area contributed by atoms with Crippen molar-refractivity contribution in [2.75, 3.05) is 0 Å². The molecule has 0 aliphatic rings. The van der Waals surface area contributed by atoms with Gasteiger partial charge in [0, 0.05) is 4.83 Å². The van der Waals surface area contributed by atoms with Crippen LogP contribution in [-0.2, 0) is 12.8 Å². The summed E-state index contributed by atoms with van der Waals surface area (Å²) in [4.78, 5) is 0.322. The topological polar surface area (TPSA) is 0 Å². The summed E-state index contributed by atoms with van der Waals surface area (Å²) in [5.41, 5.74) is 3.21. The molecule has 1 aromatic rings. The van der Waals surface area contributed by atoms with E-state index in [4.69, 9.17) is 0 Å². The molecule has 0 bridgehead atoms. The SMILES string of the molecule is CCc1ccc(F)c(CC(C)Br)c1C. The zero-order valence-corrected chi connectivity index (χ0v) is 10.5. The summed E-state index contributed by atoms with van der Waals surface area (Å²) in [6.45, 7) is 6.14. The third-order valence-corrected chi connectivity index (χ3v) is 2.84. The van der Waals surface area contributed by atoms with Crippen molar-refractivity contribution in [3.8, 4) is 0 Å². The van der Waals surface area contributed by atoms with E-state index in [2.05, 4.69) is 22.9 Å². The molecule has 0 nitrogen and oxygen atoms in total. The van der Waals surface area contributed by atoms with Crippen molar-refractivity contribution in [3.63, 3.8) is 0 Å². The average molecular weight is 259 g/mol. The lowest BCUT2D eigenvalue weighted by molar-refractivity contribution is 0.605. The van der Waals surface area contributed by atoms with Crippen LogP contribution in [0.1, 0.15) is 30.5 Å². The van der Waals surface area contributed by atoms with E-state index in [1.807, 2.05) is 19.9 Å². The first-order valence-electron chi connectivity index (χ1n) is 4.97. The van der Waals surface area contributed by atoms with Gasteiger partial charge in [-0.1, -0.05) is 35.8 Å². The van der Waals surface area contributed by atoms with Crippen LogP contribution in [0.25, 0.3) is 0 Å². The van der Waals surface area contributed by atoms with Gasteiger partial charge in [0.25, 0.3) is 0 Å². The third-order valence-electron chi connectivity index (χ3n) is 2.52. The molecule has 0 saturated heterocycles. The summed E-state index contributed by atoms with van der Waals surface area (Å²) >= 11 is 3.46. The van der Waals surface area contributed by atoms with Gasteiger partial charge in [0.05, 0.1) is 0 Å². The van der Waals surface area contributed by atoms with Crippen LogP contribution in [0.5, 0.6) is 0 Å². The molecule has 2 heteroatoms. The molecule has 1 rings (SSSR count). The van der Waals surface area contributed by atoms with Crippen molar-refractivity contribution in [1.29, 1.82) is 0 Å². The second-order valence-corrected chi connectivity index (χ2v) is 5.21. The highest BCUT2D eigenvalue weighted by molar-refractivity contribution is 9.09. The molecule has 0 fully saturated rings. The standard InChI is InChI=1S/C12H16BrF/c1-4-10-5-6-12(14)11(9(10)3)7-8(2)13/h5-6,8H,4,7H2,1-3H3. The Hall–Kier alpha value is -0.370. The molecule has 0 saturated carbocycles. The number of hydrogen-bond donors (Lipinski definition) is 0. The lowest BCUT2D eigenvalue weighted by Gasteiger charge is -2.12. The molecule has 1 aromatic carbocycles. The zero-order valence-electron chi connectivity index (χ0n) is 8.90. The molecule has 78 valence electrons. The van der Waals surface area contributed by atoms with Crippen molar-refractivity contribution in [3.05, 3.63) is 34.6 Å². The Morgan fingerprint density at radius 1 is 1.43 bits per heavy atom. The van der Waals surface area contributed by atoms with Crippen molar-refractivity contribution in [2.24, 2.45) is 0 Å². The van der Waals surface area contributed by atoms with Gasteiger partial charge in [-0.3, -0.25) is 0 Å². The fourth-order valence-electron chi connectivity index (χ4n) is 1.69. The van der Waals surface area contributed by atoms with Crippen LogP contribution in [0.15, 0.2) is 12.1 Å². The van der Waals surface area contributed by atoms with Gasteiger partial charge in [-0.15, -0.1) is 0 Å². The molecule has 0 aromatic heterocycles. The Labute approximate surface area is 93.7 Å². The zero-order chi connectivity index (χ0) is 10.7. The number of rotatable bonds is 3. The maximum Gasteiger partial charge on any atom is 0.126 e. The van der Waals surface area contributed by atoms with E-state index in [0.717, 1.165) is 24.0 Å². The number of halogens is 2. The molecule has 0 aliphatic heterocycles. The Morgan fingerprint density at radius 2 is 2.07 bits per heavy atom. The number of hydrogen-bond acceptors (Lipinski definition) is 0. The van der Waals surface area contributed by atoms with E-state index in [1.165, 1.54) is 5.56 Å². The summed E-state index contributed by atoms with van der Waals surface area (Å²) < 4.78 is 13.5. The smallest absolute Gasteiger partial charge is 0.126 e. The normalized spacial score (nSPS) is 12.9. The highest BCUT2D eigenvalue weighted by Crippen LogP contribution is 2.21. The first kappa shape index (κ1) is 11.7. The van der Waals surface area contributed by atoms with Gasteiger partial charge in [-0.05, 0) is 42.5 Å². The molecular weight excluding hydrogens is 243 g/mol. The highest BCUT2D eigenvalue weighted by atomic mass is 79.9. The first-order valence-corrected chi connectivity index (χ1v) is 5.88. The second kappa shape index (κ2) is 4.92. The maximum atomic E-state index is 13.5. The Balaban J connectivity index is 3.11. The summed E-state index contributed by atoms with van der Waals surface area (Å²) in [6.07, 6.45) is 1.72. The van der Waals surface area contributed by atoms with E-state index < -0.39 is 0 Å². The fraction of sp³-hybridized carbons (Fsp3) is 0.500. The Kier molecular flexibility index (Phi) is 4.11. The van der Waals surface area contributed by atoms with Gasteiger partial charge in [0.2, 0.25) is 0 Å². The lowest BCUT2D eigenvalue weighted by Crippen LogP contribution is -2.04. The summed E-state index contributed by atoms with van der Waals surface area (Å²) in [5.74, 6) is -0.0778.